The first-order valence-corrected chi connectivity index (χ1v) is 8.39. The molecule has 5 nitrogen and oxygen atoms in total. The molecule has 0 N–H and O–H groups in total. The van der Waals surface area contributed by atoms with Crippen molar-refractivity contribution in [3.63, 3.8) is 0 Å². The van der Waals surface area contributed by atoms with E-state index in [0.717, 1.165) is 34.9 Å². The summed E-state index contributed by atoms with van der Waals surface area (Å²) in [5, 5.41) is 4.40. The van der Waals surface area contributed by atoms with Crippen LogP contribution in [0.2, 0.25) is 0 Å². The fourth-order valence-corrected chi connectivity index (χ4v) is 2.55. The first-order valence-electron chi connectivity index (χ1n) is 8.39. The lowest BCUT2D eigenvalue weighted by Gasteiger charge is -2.10. The van der Waals surface area contributed by atoms with Crippen LogP contribution in [-0.4, -0.2) is 31.1 Å². The van der Waals surface area contributed by atoms with Gasteiger partial charge in [-0.1, -0.05) is 5.16 Å². The predicted octanol–water partition coefficient (Wildman–Crippen LogP) is 3.97. The van der Waals surface area contributed by atoms with Crippen LogP contribution in [0.15, 0.2) is 78.2 Å². The fourth-order valence-electron chi connectivity index (χ4n) is 2.55. The molecule has 3 rings (SSSR count). The van der Waals surface area contributed by atoms with Crippen LogP contribution in [0.4, 0.5) is 0 Å². The van der Waals surface area contributed by atoms with Gasteiger partial charge in [0.1, 0.15) is 23.8 Å². The van der Waals surface area contributed by atoms with E-state index in [9.17, 15) is 0 Å². The molecule has 0 unspecified atom stereocenters. The maximum atomic E-state index is 5.60. The lowest BCUT2D eigenvalue weighted by atomic mass is 10.0. The molecule has 0 radical (unpaired) electrons. The quantitative estimate of drug-likeness (QED) is 0.351. The van der Waals surface area contributed by atoms with E-state index in [0.29, 0.717) is 6.61 Å². The van der Waals surface area contributed by atoms with Gasteiger partial charge in [-0.2, -0.15) is 0 Å². The molecule has 0 aliphatic carbocycles. The Morgan fingerprint density at radius 3 is 1.77 bits per heavy atom. The van der Waals surface area contributed by atoms with Crippen molar-refractivity contribution in [2.75, 3.05) is 20.8 Å². The van der Waals surface area contributed by atoms with Crippen molar-refractivity contribution in [2.24, 2.45) is 5.16 Å². The maximum Gasteiger partial charge on any atom is 0.135 e. The number of hydrogen-bond donors (Lipinski definition) is 0. The molecule has 0 aliphatic heterocycles. The van der Waals surface area contributed by atoms with E-state index < -0.39 is 0 Å². The van der Waals surface area contributed by atoms with Crippen LogP contribution < -0.4 is 9.47 Å². The van der Waals surface area contributed by atoms with Crippen LogP contribution in [-0.2, 0) is 11.4 Å². The van der Waals surface area contributed by atoms with Crippen molar-refractivity contribution < 1.29 is 14.3 Å². The second kappa shape index (κ2) is 8.76. The first kappa shape index (κ1) is 17.6. The van der Waals surface area contributed by atoms with Gasteiger partial charge in [-0.15, -0.1) is 0 Å². The van der Waals surface area contributed by atoms with Crippen LogP contribution in [0, 0.1) is 0 Å². The van der Waals surface area contributed by atoms with Crippen LogP contribution >= 0.6 is 0 Å². The zero-order chi connectivity index (χ0) is 18.2. The number of hydrogen-bond acceptors (Lipinski definition) is 4. The third kappa shape index (κ3) is 4.45. The molecule has 0 bridgehead atoms. The molecule has 0 saturated heterocycles. The Kier molecular flexibility index (Phi) is 5.93. The highest BCUT2D eigenvalue weighted by atomic mass is 16.6. The Balaban J connectivity index is 1.80. The molecule has 1 aromatic heterocycles. The number of oxime groups is 1. The number of ether oxygens (including phenoxy) is 2. The van der Waals surface area contributed by atoms with Crippen LogP contribution in [0.25, 0.3) is 0 Å². The lowest BCUT2D eigenvalue weighted by molar-refractivity contribution is 0.136. The number of benzene rings is 2. The van der Waals surface area contributed by atoms with Crippen molar-refractivity contribution in [1.82, 2.24) is 4.57 Å². The predicted molar refractivity (Wildman–Crippen MR) is 102 cm³/mol. The minimum absolute atomic E-state index is 0.491. The van der Waals surface area contributed by atoms with Crippen molar-refractivity contribution in [3.8, 4) is 11.5 Å². The van der Waals surface area contributed by atoms with Crippen LogP contribution in [0.5, 0.6) is 11.5 Å². The molecule has 2 aromatic carbocycles. The minimum atomic E-state index is 0.491. The molecule has 3 aromatic rings. The number of aromatic nitrogens is 1. The molecule has 1 heterocycles. The van der Waals surface area contributed by atoms with Crippen molar-refractivity contribution in [2.45, 2.75) is 6.54 Å². The molecule has 5 heteroatoms. The van der Waals surface area contributed by atoms with E-state index in [1.54, 1.807) is 14.2 Å². The summed E-state index contributed by atoms with van der Waals surface area (Å²) in [5.74, 6) is 1.60. The average molecular weight is 350 g/mol. The third-order valence-electron chi connectivity index (χ3n) is 3.99. The molecular weight excluding hydrogens is 328 g/mol. The average Bonchev–Trinajstić information content (AvgIpc) is 3.22. The van der Waals surface area contributed by atoms with Gasteiger partial charge in [0.15, 0.2) is 0 Å². The molecule has 0 atom stereocenters. The van der Waals surface area contributed by atoms with Crippen molar-refractivity contribution in [1.29, 1.82) is 0 Å². The molecule has 134 valence electrons. The van der Waals surface area contributed by atoms with E-state index in [-0.39, 0.29) is 0 Å². The lowest BCUT2D eigenvalue weighted by Crippen LogP contribution is -2.07. The number of methoxy groups -OCH3 is 2. The minimum Gasteiger partial charge on any atom is -0.497 e. The Bertz CT molecular complexity index is 773. The third-order valence-corrected chi connectivity index (χ3v) is 3.99. The zero-order valence-electron chi connectivity index (χ0n) is 15.0. The molecular formula is C21H22N2O3. The molecule has 0 fully saturated rings. The van der Waals surface area contributed by atoms with Gasteiger partial charge in [0.05, 0.1) is 20.8 Å². The highest BCUT2D eigenvalue weighted by Crippen LogP contribution is 2.18. The van der Waals surface area contributed by atoms with Gasteiger partial charge < -0.3 is 18.9 Å². The van der Waals surface area contributed by atoms with Gasteiger partial charge in [-0.05, 0) is 60.7 Å². The summed E-state index contributed by atoms with van der Waals surface area (Å²) < 4.78 is 12.5. The monoisotopic (exact) mass is 350 g/mol. The summed E-state index contributed by atoms with van der Waals surface area (Å²) in [4.78, 5) is 5.60. The Morgan fingerprint density at radius 1 is 0.808 bits per heavy atom. The Hall–Kier alpha value is -3.21. The fraction of sp³-hybridized carbons (Fsp3) is 0.190. The SMILES string of the molecule is COc1ccc(C(=NOCCn2cccc2)c2ccc(OC)cc2)cc1. The van der Waals surface area contributed by atoms with Crippen molar-refractivity contribution >= 4 is 5.71 Å². The van der Waals surface area contributed by atoms with Gasteiger partial charge in [0.25, 0.3) is 0 Å². The standard InChI is InChI=1S/C21H22N2O3/c1-24-19-9-5-17(6-10-19)21(18-7-11-20(25-2)12-8-18)22-26-16-15-23-13-3-4-14-23/h3-14H,15-16H2,1-2H3. The smallest absolute Gasteiger partial charge is 0.135 e. The van der Waals surface area contributed by atoms with Crippen LogP contribution in [0.3, 0.4) is 0 Å². The van der Waals surface area contributed by atoms with Crippen LogP contribution in [0.1, 0.15) is 11.1 Å². The molecule has 0 amide bonds. The summed E-state index contributed by atoms with van der Waals surface area (Å²) in [6, 6.07) is 19.5. The summed E-state index contributed by atoms with van der Waals surface area (Å²) in [7, 11) is 3.30. The second-order valence-corrected chi connectivity index (χ2v) is 5.65. The number of nitrogens with zero attached hydrogens (tertiary/aromatic N) is 2. The highest BCUT2D eigenvalue weighted by molar-refractivity contribution is 6.12. The topological polar surface area (TPSA) is 45.0 Å². The summed E-state index contributed by atoms with van der Waals surface area (Å²) in [6.45, 7) is 1.24. The molecule has 0 spiro atoms. The maximum absolute atomic E-state index is 5.60. The van der Waals surface area contributed by atoms with Gasteiger partial charge in [0.2, 0.25) is 0 Å². The van der Waals surface area contributed by atoms with Crippen molar-refractivity contribution in [3.05, 3.63) is 84.2 Å². The van der Waals surface area contributed by atoms with Gasteiger partial charge in [-0.25, -0.2) is 0 Å². The van der Waals surface area contributed by atoms with E-state index >= 15 is 0 Å². The number of rotatable bonds is 8. The van der Waals surface area contributed by atoms with E-state index in [2.05, 4.69) is 9.72 Å². The molecule has 26 heavy (non-hydrogen) atoms. The first-order chi connectivity index (χ1) is 12.8. The normalized spacial score (nSPS) is 10.2. The van der Waals surface area contributed by atoms with Gasteiger partial charge in [-0.3, -0.25) is 0 Å². The zero-order valence-corrected chi connectivity index (χ0v) is 15.0. The summed E-state index contributed by atoms with van der Waals surface area (Å²) in [5.41, 5.74) is 2.68. The summed E-state index contributed by atoms with van der Waals surface area (Å²) >= 11 is 0. The Labute approximate surface area is 153 Å². The molecule has 0 aliphatic rings. The largest absolute Gasteiger partial charge is 0.497 e. The summed E-state index contributed by atoms with van der Waals surface area (Å²) in [6.07, 6.45) is 4.00. The van der Waals surface area contributed by atoms with Gasteiger partial charge >= 0.3 is 0 Å². The Morgan fingerprint density at radius 2 is 1.31 bits per heavy atom. The van der Waals surface area contributed by atoms with E-state index in [1.807, 2.05) is 73.1 Å². The van der Waals surface area contributed by atoms with E-state index in [1.165, 1.54) is 0 Å². The van der Waals surface area contributed by atoms with Gasteiger partial charge in [0, 0.05) is 23.5 Å². The van der Waals surface area contributed by atoms with E-state index in [4.69, 9.17) is 14.3 Å². The highest BCUT2D eigenvalue weighted by Gasteiger charge is 2.09. The second-order valence-electron chi connectivity index (χ2n) is 5.65. The molecule has 0 saturated carbocycles.